The highest BCUT2D eigenvalue weighted by Crippen LogP contribution is 2.29. The van der Waals surface area contributed by atoms with Crippen molar-refractivity contribution in [1.29, 1.82) is 0 Å². The molecule has 0 aliphatic heterocycles. The van der Waals surface area contributed by atoms with Gasteiger partial charge in [-0.3, -0.25) is 0 Å². The summed E-state index contributed by atoms with van der Waals surface area (Å²) in [5, 5.41) is 12.2. The van der Waals surface area contributed by atoms with E-state index in [1.165, 1.54) is 0 Å². The third kappa shape index (κ3) is 3.94. The minimum absolute atomic E-state index is 0.00311. The highest BCUT2D eigenvalue weighted by molar-refractivity contribution is 8.00. The molecule has 0 atom stereocenters. The first-order chi connectivity index (χ1) is 8.99. The number of rotatable bonds is 5. The number of thioether (sulfide) groups is 1. The largest absolute Gasteiger partial charge is 0.444 e. The predicted octanol–water partition coefficient (Wildman–Crippen LogP) is 3.55. The van der Waals surface area contributed by atoms with Crippen molar-refractivity contribution in [3.05, 3.63) is 17.8 Å². The van der Waals surface area contributed by atoms with Crippen LogP contribution >= 0.6 is 23.1 Å². The Bertz CT molecular complexity index is 530. The number of nitrogens with one attached hydrogen (secondary N) is 1. The normalized spacial score (nSPS) is 11.8. The van der Waals surface area contributed by atoms with Gasteiger partial charge >= 0.3 is 0 Å². The third-order valence-electron chi connectivity index (χ3n) is 2.35. The van der Waals surface area contributed by atoms with E-state index >= 15 is 0 Å². The van der Waals surface area contributed by atoms with E-state index < -0.39 is 0 Å². The van der Waals surface area contributed by atoms with Gasteiger partial charge in [-0.2, -0.15) is 0 Å². The topological polar surface area (TPSA) is 63.8 Å². The molecule has 19 heavy (non-hydrogen) atoms. The number of hydrogen-bond acceptors (Lipinski definition) is 7. The second-order valence-corrected chi connectivity index (χ2v) is 7.26. The average Bonchev–Trinajstić information content (AvgIpc) is 2.94. The molecule has 1 N–H and O–H groups in total. The first-order valence-corrected chi connectivity index (χ1v) is 7.94. The van der Waals surface area contributed by atoms with Crippen LogP contribution < -0.4 is 5.32 Å². The van der Waals surface area contributed by atoms with Crippen LogP contribution in [0.5, 0.6) is 0 Å². The summed E-state index contributed by atoms with van der Waals surface area (Å²) in [5.41, 5.74) is -0.00311. The molecule has 0 amide bonds. The SMILES string of the molecule is CCNc1nnc(SCc2ncc(C(C)(C)C)o2)s1. The lowest BCUT2D eigenvalue weighted by Gasteiger charge is -2.12. The van der Waals surface area contributed by atoms with Crippen LogP contribution in [-0.4, -0.2) is 21.7 Å². The Morgan fingerprint density at radius 1 is 1.37 bits per heavy atom. The van der Waals surface area contributed by atoms with Gasteiger partial charge in [-0.25, -0.2) is 4.98 Å². The van der Waals surface area contributed by atoms with E-state index in [1.54, 1.807) is 29.3 Å². The number of hydrogen-bond donors (Lipinski definition) is 1. The maximum atomic E-state index is 5.73. The molecular formula is C12H18N4OS2. The van der Waals surface area contributed by atoms with Gasteiger partial charge in [0.15, 0.2) is 4.34 Å². The van der Waals surface area contributed by atoms with E-state index in [-0.39, 0.29) is 5.41 Å². The first-order valence-electron chi connectivity index (χ1n) is 6.14. The number of oxazole rings is 1. The van der Waals surface area contributed by atoms with Crippen molar-refractivity contribution in [2.45, 2.75) is 43.2 Å². The molecule has 0 aromatic carbocycles. The molecule has 0 bridgehead atoms. The summed E-state index contributed by atoms with van der Waals surface area (Å²) in [6, 6.07) is 0. The molecule has 5 nitrogen and oxygen atoms in total. The minimum Gasteiger partial charge on any atom is -0.444 e. The molecule has 0 saturated heterocycles. The Balaban J connectivity index is 1.93. The quantitative estimate of drug-likeness (QED) is 0.852. The molecule has 0 unspecified atom stereocenters. The van der Waals surface area contributed by atoms with Crippen LogP contribution in [0.25, 0.3) is 0 Å². The van der Waals surface area contributed by atoms with E-state index in [0.717, 1.165) is 27.7 Å². The Hall–Kier alpha value is -1.08. The lowest BCUT2D eigenvalue weighted by molar-refractivity contribution is 0.391. The van der Waals surface area contributed by atoms with Gasteiger partial charge in [0, 0.05) is 12.0 Å². The van der Waals surface area contributed by atoms with Crippen molar-refractivity contribution in [3.8, 4) is 0 Å². The molecule has 2 heterocycles. The molecular weight excluding hydrogens is 280 g/mol. The summed E-state index contributed by atoms with van der Waals surface area (Å²) < 4.78 is 6.66. The van der Waals surface area contributed by atoms with E-state index in [0.29, 0.717) is 5.75 Å². The lowest BCUT2D eigenvalue weighted by Crippen LogP contribution is -2.09. The van der Waals surface area contributed by atoms with Crippen LogP contribution in [0, 0.1) is 0 Å². The molecule has 0 aliphatic carbocycles. The van der Waals surface area contributed by atoms with Crippen molar-refractivity contribution < 1.29 is 4.42 Å². The van der Waals surface area contributed by atoms with Crippen molar-refractivity contribution >= 4 is 28.2 Å². The maximum absolute atomic E-state index is 5.73. The number of anilines is 1. The summed E-state index contributed by atoms with van der Waals surface area (Å²) in [6.07, 6.45) is 1.81. The van der Waals surface area contributed by atoms with Crippen molar-refractivity contribution in [3.63, 3.8) is 0 Å². The summed E-state index contributed by atoms with van der Waals surface area (Å²) >= 11 is 3.14. The molecule has 7 heteroatoms. The smallest absolute Gasteiger partial charge is 0.206 e. The molecule has 104 valence electrons. The highest BCUT2D eigenvalue weighted by atomic mass is 32.2. The molecule has 0 aliphatic rings. The van der Waals surface area contributed by atoms with Gasteiger partial charge in [-0.05, 0) is 6.92 Å². The van der Waals surface area contributed by atoms with E-state index in [2.05, 4.69) is 41.3 Å². The van der Waals surface area contributed by atoms with Gasteiger partial charge in [0.1, 0.15) is 5.76 Å². The van der Waals surface area contributed by atoms with Gasteiger partial charge in [0.25, 0.3) is 0 Å². The first kappa shape index (κ1) is 14.3. The minimum atomic E-state index is -0.00311. The summed E-state index contributed by atoms with van der Waals surface area (Å²) in [6.45, 7) is 9.22. The van der Waals surface area contributed by atoms with Gasteiger partial charge < -0.3 is 9.73 Å². The number of aromatic nitrogens is 3. The molecule has 0 spiro atoms. The second-order valence-electron chi connectivity index (χ2n) is 5.06. The molecule has 2 aromatic rings. The molecule has 0 radical (unpaired) electrons. The van der Waals surface area contributed by atoms with Crippen LogP contribution in [0.2, 0.25) is 0 Å². The summed E-state index contributed by atoms with van der Waals surface area (Å²) in [5.74, 6) is 2.32. The van der Waals surface area contributed by atoms with Crippen LogP contribution in [-0.2, 0) is 11.2 Å². The standard InChI is InChI=1S/C12H18N4OS2/c1-5-13-10-15-16-11(19-10)18-7-9-14-6-8(17-9)12(2,3)4/h6H,5,7H2,1-4H3,(H,13,15). The Labute approximate surface area is 121 Å². The average molecular weight is 298 g/mol. The lowest BCUT2D eigenvalue weighted by atomic mass is 9.94. The summed E-state index contributed by atoms with van der Waals surface area (Å²) in [7, 11) is 0. The monoisotopic (exact) mass is 298 g/mol. The fraction of sp³-hybridized carbons (Fsp3) is 0.583. The van der Waals surface area contributed by atoms with Gasteiger partial charge in [0.05, 0.1) is 11.9 Å². The zero-order chi connectivity index (χ0) is 13.9. The maximum Gasteiger partial charge on any atom is 0.206 e. The van der Waals surface area contributed by atoms with Crippen molar-refractivity contribution in [2.75, 3.05) is 11.9 Å². The summed E-state index contributed by atoms with van der Waals surface area (Å²) in [4.78, 5) is 4.29. The molecule has 2 aromatic heterocycles. The van der Waals surface area contributed by atoms with Crippen LogP contribution in [0.4, 0.5) is 5.13 Å². The zero-order valence-electron chi connectivity index (χ0n) is 11.6. The fourth-order valence-corrected chi connectivity index (χ4v) is 3.01. The van der Waals surface area contributed by atoms with E-state index in [9.17, 15) is 0 Å². The molecule has 0 saturated carbocycles. The Kier molecular flexibility index (Phi) is 4.46. The van der Waals surface area contributed by atoms with Crippen LogP contribution in [0.3, 0.4) is 0 Å². The third-order valence-corrected chi connectivity index (χ3v) is 4.35. The Morgan fingerprint density at radius 3 is 2.79 bits per heavy atom. The molecule has 2 rings (SSSR count). The van der Waals surface area contributed by atoms with Gasteiger partial charge in [-0.1, -0.05) is 43.9 Å². The van der Waals surface area contributed by atoms with Crippen LogP contribution in [0.15, 0.2) is 15.0 Å². The number of nitrogens with zero attached hydrogens (tertiary/aromatic N) is 3. The van der Waals surface area contributed by atoms with Crippen molar-refractivity contribution in [1.82, 2.24) is 15.2 Å². The van der Waals surface area contributed by atoms with E-state index in [1.807, 2.05) is 6.92 Å². The van der Waals surface area contributed by atoms with E-state index in [4.69, 9.17) is 4.42 Å². The Morgan fingerprint density at radius 2 is 2.16 bits per heavy atom. The van der Waals surface area contributed by atoms with Gasteiger partial charge in [-0.15, -0.1) is 10.2 Å². The van der Waals surface area contributed by atoms with Crippen LogP contribution in [0.1, 0.15) is 39.3 Å². The second kappa shape index (κ2) is 5.92. The zero-order valence-corrected chi connectivity index (χ0v) is 13.2. The molecule has 0 fully saturated rings. The van der Waals surface area contributed by atoms with Crippen molar-refractivity contribution in [2.24, 2.45) is 0 Å². The fourth-order valence-electron chi connectivity index (χ4n) is 1.34. The van der Waals surface area contributed by atoms with Gasteiger partial charge in [0.2, 0.25) is 11.0 Å². The predicted molar refractivity (Wildman–Crippen MR) is 78.8 cm³/mol. The highest BCUT2D eigenvalue weighted by Gasteiger charge is 2.19.